The highest BCUT2D eigenvalue weighted by Crippen LogP contribution is 2.25. The van der Waals surface area contributed by atoms with E-state index in [1.807, 2.05) is 14.0 Å². The third-order valence-corrected chi connectivity index (χ3v) is 3.55. The molecule has 4 heteroatoms. The van der Waals surface area contributed by atoms with Gasteiger partial charge in [0.15, 0.2) is 0 Å². The average molecular weight is 208 g/mol. The van der Waals surface area contributed by atoms with Crippen molar-refractivity contribution in [2.45, 2.75) is 45.1 Å². The second-order valence-corrected chi connectivity index (χ2v) is 4.71. The van der Waals surface area contributed by atoms with Crippen LogP contribution in [0.15, 0.2) is 0 Å². The highest BCUT2D eigenvalue weighted by molar-refractivity contribution is 4.94. The first-order valence-electron chi connectivity index (χ1n) is 5.77. The van der Waals surface area contributed by atoms with E-state index in [2.05, 4.69) is 14.8 Å². The first kappa shape index (κ1) is 10.6. The fourth-order valence-electron chi connectivity index (χ4n) is 2.28. The van der Waals surface area contributed by atoms with Crippen LogP contribution < -0.4 is 5.73 Å². The summed E-state index contributed by atoms with van der Waals surface area (Å²) in [6.07, 6.45) is 5.88. The molecule has 0 amide bonds. The number of nitrogens with two attached hydrogens (primary N) is 1. The van der Waals surface area contributed by atoms with E-state index in [9.17, 15) is 0 Å². The van der Waals surface area contributed by atoms with Gasteiger partial charge in [0.2, 0.25) is 0 Å². The molecule has 84 valence electrons. The number of aryl methyl sites for hydroxylation is 1. The maximum atomic E-state index is 5.89. The molecule has 1 fully saturated rings. The SMILES string of the molecule is Cc1nnc(CC2CCC(N)CC2)n1C. The Hall–Kier alpha value is -0.900. The predicted molar refractivity (Wildman–Crippen MR) is 59.4 cm³/mol. The lowest BCUT2D eigenvalue weighted by atomic mass is 9.84. The fourth-order valence-corrected chi connectivity index (χ4v) is 2.28. The molecule has 0 bridgehead atoms. The van der Waals surface area contributed by atoms with Crippen LogP contribution in [0.4, 0.5) is 0 Å². The van der Waals surface area contributed by atoms with Gasteiger partial charge in [-0.05, 0) is 38.5 Å². The summed E-state index contributed by atoms with van der Waals surface area (Å²) in [7, 11) is 2.04. The molecule has 1 saturated carbocycles. The summed E-state index contributed by atoms with van der Waals surface area (Å²) in [5.41, 5.74) is 5.89. The molecular formula is C11H20N4. The van der Waals surface area contributed by atoms with Crippen LogP contribution in [0, 0.1) is 12.8 Å². The second kappa shape index (κ2) is 4.31. The molecule has 1 aliphatic carbocycles. The normalized spacial score (nSPS) is 26.9. The third kappa shape index (κ3) is 2.37. The number of nitrogens with zero attached hydrogens (tertiary/aromatic N) is 3. The monoisotopic (exact) mass is 208 g/mol. The first-order chi connectivity index (χ1) is 7.16. The van der Waals surface area contributed by atoms with Crippen LogP contribution in [0.3, 0.4) is 0 Å². The Kier molecular flexibility index (Phi) is 3.05. The Morgan fingerprint density at radius 2 is 1.93 bits per heavy atom. The van der Waals surface area contributed by atoms with Crippen LogP contribution in [-0.2, 0) is 13.5 Å². The molecule has 0 unspecified atom stereocenters. The molecule has 0 aromatic carbocycles. The van der Waals surface area contributed by atoms with Gasteiger partial charge in [-0.1, -0.05) is 0 Å². The molecule has 0 saturated heterocycles. The number of hydrogen-bond donors (Lipinski definition) is 1. The predicted octanol–water partition coefficient (Wildman–Crippen LogP) is 1.18. The van der Waals surface area contributed by atoms with Gasteiger partial charge in [0, 0.05) is 19.5 Å². The molecule has 0 radical (unpaired) electrons. The smallest absolute Gasteiger partial charge is 0.133 e. The van der Waals surface area contributed by atoms with Gasteiger partial charge in [0.05, 0.1) is 0 Å². The molecule has 15 heavy (non-hydrogen) atoms. The molecule has 1 heterocycles. The van der Waals surface area contributed by atoms with Crippen molar-refractivity contribution in [3.8, 4) is 0 Å². The topological polar surface area (TPSA) is 56.7 Å². The Balaban J connectivity index is 1.94. The first-order valence-corrected chi connectivity index (χ1v) is 5.77. The molecule has 1 aromatic heterocycles. The summed E-state index contributed by atoms with van der Waals surface area (Å²) < 4.78 is 2.09. The molecule has 1 aliphatic rings. The zero-order valence-electron chi connectivity index (χ0n) is 9.61. The molecule has 0 spiro atoms. The van der Waals surface area contributed by atoms with Gasteiger partial charge in [0.25, 0.3) is 0 Å². The van der Waals surface area contributed by atoms with Crippen LogP contribution in [0.25, 0.3) is 0 Å². The van der Waals surface area contributed by atoms with Crippen molar-refractivity contribution in [2.75, 3.05) is 0 Å². The van der Waals surface area contributed by atoms with Gasteiger partial charge in [-0.25, -0.2) is 0 Å². The minimum Gasteiger partial charge on any atom is -0.328 e. The van der Waals surface area contributed by atoms with Crippen LogP contribution in [-0.4, -0.2) is 20.8 Å². The molecule has 2 rings (SSSR count). The maximum Gasteiger partial charge on any atom is 0.133 e. The Bertz CT molecular complexity index is 323. The van der Waals surface area contributed by atoms with E-state index >= 15 is 0 Å². The van der Waals surface area contributed by atoms with E-state index in [0.717, 1.165) is 24.0 Å². The van der Waals surface area contributed by atoms with E-state index in [1.54, 1.807) is 0 Å². The lowest BCUT2D eigenvalue weighted by Crippen LogP contribution is -2.27. The van der Waals surface area contributed by atoms with Gasteiger partial charge in [-0.3, -0.25) is 0 Å². The number of rotatable bonds is 2. The molecular weight excluding hydrogens is 188 g/mol. The van der Waals surface area contributed by atoms with Crippen LogP contribution in [0.1, 0.15) is 37.3 Å². The number of aromatic nitrogens is 3. The summed E-state index contributed by atoms with van der Waals surface area (Å²) >= 11 is 0. The van der Waals surface area contributed by atoms with Gasteiger partial charge in [-0.15, -0.1) is 10.2 Å². The lowest BCUT2D eigenvalue weighted by Gasteiger charge is -2.25. The summed E-state index contributed by atoms with van der Waals surface area (Å²) in [4.78, 5) is 0. The Labute approximate surface area is 90.9 Å². The second-order valence-electron chi connectivity index (χ2n) is 4.71. The van der Waals surface area contributed by atoms with E-state index < -0.39 is 0 Å². The average Bonchev–Trinajstić information content (AvgIpc) is 2.53. The molecule has 0 aliphatic heterocycles. The zero-order chi connectivity index (χ0) is 10.8. The number of hydrogen-bond acceptors (Lipinski definition) is 3. The largest absolute Gasteiger partial charge is 0.328 e. The Morgan fingerprint density at radius 1 is 1.27 bits per heavy atom. The van der Waals surface area contributed by atoms with Crippen LogP contribution in [0.5, 0.6) is 0 Å². The fraction of sp³-hybridized carbons (Fsp3) is 0.818. The maximum absolute atomic E-state index is 5.89. The summed E-state index contributed by atoms with van der Waals surface area (Å²) in [6, 6.07) is 0.433. The highest BCUT2D eigenvalue weighted by atomic mass is 15.3. The van der Waals surface area contributed by atoms with E-state index in [4.69, 9.17) is 5.73 Å². The van der Waals surface area contributed by atoms with Crippen molar-refractivity contribution < 1.29 is 0 Å². The van der Waals surface area contributed by atoms with Crippen molar-refractivity contribution in [3.63, 3.8) is 0 Å². The molecule has 2 N–H and O–H groups in total. The minimum absolute atomic E-state index is 0.433. The van der Waals surface area contributed by atoms with E-state index in [1.165, 1.54) is 25.7 Å². The lowest BCUT2D eigenvalue weighted by molar-refractivity contribution is 0.319. The van der Waals surface area contributed by atoms with Gasteiger partial charge < -0.3 is 10.3 Å². The quantitative estimate of drug-likeness (QED) is 0.794. The van der Waals surface area contributed by atoms with Crippen molar-refractivity contribution in [1.29, 1.82) is 0 Å². The minimum atomic E-state index is 0.433. The van der Waals surface area contributed by atoms with Crippen molar-refractivity contribution in [1.82, 2.24) is 14.8 Å². The van der Waals surface area contributed by atoms with E-state index in [0.29, 0.717) is 6.04 Å². The summed E-state index contributed by atoms with van der Waals surface area (Å²) in [5.74, 6) is 2.87. The van der Waals surface area contributed by atoms with Gasteiger partial charge in [0.1, 0.15) is 11.6 Å². The standard InChI is InChI=1S/C11H20N4/c1-8-13-14-11(15(8)2)7-9-3-5-10(12)6-4-9/h9-10H,3-7,12H2,1-2H3. The summed E-state index contributed by atoms with van der Waals surface area (Å²) in [6.45, 7) is 1.99. The van der Waals surface area contributed by atoms with Crippen LogP contribution >= 0.6 is 0 Å². The highest BCUT2D eigenvalue weighted by Gasteiger charge is 2.20. The third-order valence-electron chi connectivity index (χ3n) is 3.55. The van der Waals surface area contributed by atoms with Crippen LogP contribution in [0.2, 0.25) is 0 Å². The molecule has 1 aromatic rings. The molecule has 4 nitrogen and oxygen atoms in total. The molecule has 0 atom stereocenters. The van der Waals surface area contributed by atoms with Gasteiger partial charge in [-0.2, -0.15) is 0 Å². The summed E-state index contributed by atoms with van der Waals surface area (Å²) in [5, 5.41) is 8.30. The zero-order valence-corrected chi connectivity index (χ0v) is 9.61. The van der Waals surface area contributed by atoms with Gasteiger partial charge >= 0.3 is 0 Å². The van der Waals surface area contributed by atoms with Crippen molar-refractivity contribution in [3.05, 3.63) is 11.6 Å². The van der Waals surface area contributed by atoms with Crippen molar-refractivity contribution >= 4 is 0 Å². The Morgan fingerprint density at radius 3 is 2.47 bits per heavy atom. The van der Waals surface area contributed by atoms with Crippen molar-refractivity contribution in [2.24, 2.45) is 18.7 Å². The van der Waals surface area contributed by atoms with E-state index in [-0.39, 0.29) is 0 Å².